The van der Waals surface area contributed by atoms with Crippen LogP contribution in [0.5, 0.6) is 0 Å². The molecule has 11 rings (SSSR count). The molecule has 3 unspecified atom stereocenters. The molecular weight excluding hydrogens is 2010 g/mol. The van der Waals surface area contributed by atoms with Gasteiger partial charge in [-0.3, -0.25) is 14.4 Å². The van der Waals surface area contributed by atoms with E-state index in [1.165, 1.54) is 63.8 Å². The summed E-state index contributed by atoms with van der Waals surface area (Å²) in [5, 5.41) is 13.2. The van der Waals surface area contributed by atoms with Gasteiger partial charge < -0.3 is 28.4 Å². The highest BCUT2D eigenvalue weighted by Gasteiger charge is 2.29. The third kappa shape index (κ3) is 75.0. The lowest BCUT2D eigenvalue weighted by molar-refractivity contribution is -0.156. The maximum Gasteiger partial charge on any atom is 0.311 e. The first-order valence-corrected chi connectivity index (χ1v) is 59.8. The maximum atomic E-state index is 11.3. The van der Waals surface area contributed by atoms with E-state index in [1.807, 2.05) is 233 Å². The number of carbonyl (C=O) groups is 3. The van der Waals surface area contributed by atoms with Crippen molar-refractivity contribution in [3.63, 3.8) is 0 Å². The van der Waals surface area contributed by atoms with E-state index in [2.05, 4.69) is 273 Å². The molecule has 8 aromatic carbocycles. The fourth-order valence-corrected chi connectivity index (χ4v) is 16.7. The number of hydrogen-bond donors (Lipinski definition) is 0. The van der Waals surface area contributed by atoms with Crippen molar-refractivity contribution in [2.24, 2.45) is 16.2 Å². The molecule has 148 heavy (non-hydrogen) atoms. The Morgan fingerprint density at radius 2 is 0.480 bits per heavy atom. The molecule has 814 valence electrons. The molecule has 3 atom stereocenters. The van der Waals surface area contributed by atoms with Crippen LogP contribution in [-0.2, 0) is 42.8 Å². The highest BCUT2D eigenvalue weighted by atomic mass is 32.2. The van der Waals surface area contributed by atoms with E-state index in [-0.39, 0.29) is 34.2 Å². The summed E-state index contributed by atoms with van der Waals surface area (Å²) in [7, 11) is 4.75. The Morgan fingerprint density at radius 3 is 0.622 bits per heavy atom. The predicted molar refractivity (Wildman–Crippen MR) is 654 cm³/mol. The van der Waals surface area contributed by atoms with Crippen molar-refractivity contribution in [1.82, 2.24) is 40.1 Å². The van der Waals surface area contributed by atoms with Gasteiger partial charge in [-0.25, -0.2) is 0 Å². The lowest BCUT2D eigenvalue weighted by Crippen LogP contribution is -2.26. The smallest absolute Gasteiger partial charge is 0.311 e. The molecule has 17 nitrogen and oxygen atoms in total. The van der Waals surface area contributed by atoms with Crippen LogP contribution in [0.2, 0.25) is 0 Å². The molecule has 3 heterocycles. The summed E-state index contributed by atoms with van der Waals surface area (Å²) in [6.45, 7) is 70.3. The normalized spacial score (nSPS) is 10.7. The molecule has 0 saturated carbocycles. The summed E-state index contributed by atoms with van der Waals surface area (Å²) in [4.78, 5) is 60.2. The number of ether oxygens (including phenoxy) is 6. The zero-order chi connectivity index (χ0) is 111. The van der Waals surface area contributed by atoms with Crippen LogP contribution < -0.4 is 0 Å². The molecule has 0 N–H and O–H groups in total. The lowest BCUT2D eigenvalue weighted by Gasteiger charge is -2.19. The molecule has 0 aliphatic rings. The van der Waals surface area contributed by atoms with Gasteiger partial charge in [-0.2, -0.15) is 29.9 Å². The fourth-order valence-electron chi connectivity index (χ4n) is 10.2. The van der Waals surface area contributed by atoms with E-state index in [0.717, 1.165) is 110 Å². The molecule has 0 bridgehead atoms. The number of benzene rings is 8. The number of hydrogen-bond acceptors (Lipinski definition) is 26. The molecule has 0 aliphatic carbocycles. The monoisotopic (exact) mass is 2190 g/mol. The van der Waals surface area contributed by atoms with Gasteiger partial charge in [-0.15, -0.1) is 10.2 Å². The molecule has 26 heteroatoms. The second-order valence-electron chi connectivity index (χ2n) is 33.5. The van der Waals surface area contributed by atoms with Crippen LogP contribution in [0.4, 0.5) is 0 Å². The molecule has 11 aromatic rings. The van der Waals surface area contributed by atoms with E-state index < -0.39 is 0 Å². The molecule has 0 fully saturated rings. The Bertz CT molecular complexity index is 4500. The average molecular weight is 2190 g/mol. The minimum absolute atomic E-state index is 0.151. The first-order chi connectivity index (χ1) is 71.1. The van der Waals surface area contributed by atoms with Crippen molar-refractivity contribution in [3.8, 4) is 0 Å². The van der Waals surface area contributed by atoms with E-state index in [9.17, 15) is 14.4 Å². The van der Waals surface area contributed by atoms with Gasteiger partial charge in [-0.1, -0.05) is 529 Å². The second kappa shape index (κ2) is 95.3. The first-order valence-electron chi connectivity index (χ1n) is 51.1. The molecule has 0 amide bonds. The second-order valence-corrected chi connectivity index (χ2v) is 44.9. The van der Waals surface area contributed by atoms with Crippen LogP contribution in [0.15, 0.2) is 315 Å². The van der Waals surface area contributed by atoms with Crippen molar-refractivity contribution in [3.05, 3.63) is 320 Å². The summed E-state index contributed by atoms with van der Waals surface area (Å²) in [6.07, 6.45) is 13.4. The zero-order valence-corrected chi connectivity index (χ0v) is 102. The van der Waals surface area contributed by atoms with Gasteiger partial charge in [0.2, 0.25) is 0 Å². The number of rotatable bonds is 42. The molecule has 0 aliphatic heterocycles. The highest BCUT2D eigenvalue weighted by Crippen LogP contribution is 2.30. The number of esters is 3. The van der Waals surface area contributed by atoms with E-state index in [1.54, 1.807) is 127 Å². The van der Waals surface area contributed by atoms with Crippen LogP contribution in [0.1, 0.15) is 267 Å². The fraction of sp³-hybridized carbons (Fsp3) is 0.434. The maximum absolute atomic E-state index is 11.3. The van der Waals surface area contributed by atoms with E-state index in [0.29, 0.717) is 57.4 Å². The van der Waals surface area contributed by atoms with Gasteiger partial charge in [0.15, 0.2) is 39.6 Å². The van der Waals surface area contributed by atoms with Crippen LogP contribution in [0, 0.1) is 16.2 Å². The summed E-state index contributed by atoms with van der Waals surface area (Å²) in [5.74, 6) is 9.80. The topological polar surface area (TPSA) is 210 Å². The summed E-state index contributed by atoms with van der Waals surface area (Å²) < 4.78 is 31.4. The number of carbonyl (C=O) groups excluding carboxylic acids is 3. The third-order valence-corrected chi connectivity index (χ3v) is 28.3. The number of nitrogens with zero attached hydrogens (tertiary/aromatic N) is 8. The van der Waals surface area contributed by atoms with Crippen LogP contribution in [0.3, 0.4) is 0 Å². The SMILES string of the molecule is C=C(C)c1ccccc1.C=Cc1ccccc1.C=Cc1ccccc1.C=Cc1ccccc1.C=Cc1ccccc1.CCC(C)(C)C(=O)OCCOC.CCC(C)(C)C(=O)OCCOC.CCC(C)(C)C(=O)OCCOC.CCC(C)c1ccccc1.CCC(C)c1ccccc1.CCC(C)c1ccccc1.CCSc1nc(SCC)nc(SCC)n1.CCSc1nc(SCC)nc(SCC)n1.CCSc1nnc(SCC)s1. The van der Waals surface area contributed by atoms with Gasteiger partial charge >= 0.3 is 17.9 Å². The third-order valence-electron chi connectivity index (χ3n) is 20.9. The minimum atomic E-state index is -0.367. The number of thioether (sulfide) groups is 8. The molecule has 0 spiro atoms. The van der Waals surface area contributed by atoms with Crippen molar-refractivity contribution >= 4 is 153 Å². The Hall–Kier alpha value is -8.87. The summed E-state index contributed by atoms with van der Waals surface area (Å²) in [6, 6.07) is 82.2. The van der Waals surface area contributed by atoms with E-state index >= 15 is 0 Å². The Labute approximate surface area is 933 Å². The van der Waals surface area contributed by atoms with Crippen molar-refractivity contribution in [2.75, 3.05) is 107 Å². The lowest BCUT2D eigenvalue weighted by atomic mass is 9.91. The Morgan fingerprint density at radius 1 is 0.297 bits per heavy atom. The van der Waals surface area contributed by atoms with Gasteiger partial charge in [0, 0.05) is 21.3 Å². The first kappa shape index (κ1) is 143. The standard InChI is InChI=1S/3C10H14.2C9H15N3S3.3C9H18O3.C9H10.4C8H8.C6H10N2S3/c3*1-3-9(2)10-7-5-4-6-8-10;2*1-4-13-7-10-8(14-5-2)12-9(11-7)15-6-3;3*1-5-9(2,3)8(10)12-7-6-11-4;1-8(2)9-6-4-3-5-7-9;4*1-2-8-6-4-3-5-7-8;1-3-9-5-7-8-6(11-5)10-4-2/h3*4-9H,3H2,1-2H3;2*4-6H2,1-3H3;3*5-7H2,1-4H3;3-7H,1H2,2H3;4*2-7H,1H2;3-4H2,1-2H3. The predicted octanol–water partition coefficient (Wildman–Crippen LogP) is 35.7. The number of methoxy groups -OCH3 is 3. The molecular formula is C122H178N8O9S9. The van der Waals surface area contributed by atoms with Crippen molar-refractivity contribution < 1.29 is 42.8 Å². The van der Waals surface area contributed by atoms with E-state index in [4.69, 9.17) is 28.4 Å². The zero-order valence-electron chi connectivity index (χ0n) is 94.2. The summed E-state index contributed by atoms with van der Waals surface area (Å²) in [5.41, 5.74) is 10.3. The Balaban J connectivity index is -0.00000154. The number of allylic oxidation sites excluding steroid dienone is 1. The van der Waals surface area contributed by atoms with Crippen LogP contribution in [-0.4, -0.2) is 165 Å². The minimum Gasteiger partial charge on any atom is -0.463 e. The van der Waals surface area contributed by atoms with Crippen molar-refractivity contribution in [1.29, 1.82) is 0 Å². The highest BCUT2D eigenvalue weighted by molar-refractivity contribution is 8.03. The van der Waals surface area contributed by atoms with Gasteiger partial charge in [0.05, 0.1) is 36.1 Å². The quantitative estimate of drug-likeness (QED) is 0.0151. The van der Waals surface area contributed by atoms with Crippen LogP contribution >= 0.6 is 105 Å². The van der Waals surface area contributed by atoms with Gasteiger partial charge in [0.25, 0.3) is 0 Å². The number of aromatic nitrogens is 8. The van der Waals surface area contributed by atoms with Gasteiger partial charge in [-0.05, 0) is 195 Å². The molecule has 0 saturated heterocycles. The Kier molecular flexibility index (Phi) is 92.2. The largest absolute Gasteiger partial charge is 0.463 e. The summed E-state index contributed by atoms with van der Waals surface area (Å²) >= 11 is 15.2. The van der Waals surface area contributed by atoms with Crippen molar-refractivity contribution in [2.45, 2.75) is 262 Å². The average Bonchev–Trinajstić information content (AvgIpc) is 1.14. The molecule has 0 radical (unpaired) electrons. The molecule has 3 aromatic heterocycles. The van der Waals surface area contributed by atoms with Gasteiger partial charge in [0.1, 0.15) is 19.8 Å². The van der Waals surface area contributed by atoms with Crippen LogP contribution in [0.25, 0.3) is 29.9 Å².